The van der Waals surface area contributed by atoms with E-state index in [1.807, 2.05) is 57.2 Å². The minimum Gasteiger partial charge on any atom is -0.508 e. The lowest BCUT2D eigenvalue weighted by atomic mass is 9.96. The van der Waals surface area contributed by atoms with Crippen LogP contribution >= 0.6 is 0 Å². The van der Waals surface area contributed by atoms with Gasteiger partial charge in [-0.25, -0.2) is 5.43 Å². The predicted molar refractivity (Wildman–Crippen MR) is 180 cm³/mol. The minimum atomic E-state index is -1.03. The number of phenols is 1. The number of rotatable bonds is 4. The van der Waals surface area contributed by atoms with Crippen LogP contribution in [0.2, 0.25) is 0 Å². The summed E-state index contributed by atoms with van der Waals surface area (Å²) in [5.41, 5.74) is 5.67. The summed E-state index contributed by atoms with van der Waals surface area (Å²) >= 11 is 0. The first kappa shape index (κ1) is 35.6. The summed E-state index contributed by atoms with van der Waals surface area (Å²) in [6, 6.07) is 11.6. The first-order valence-corrected chi connectivity index (χ1v) is 16.5. The molecule has 2 aromatic carbocycles. The lowest BCUT2D eigenvalue weighted by molar-refractivity contribution is -0.144. The summed E-state index contributed by atoms with van der Waals surface area (Å²) in [6.45, 7) is 7.71. The van der Waals surface area contributed by atoms with Gasteiger partial charge in [0, 0.05) is 20.1 Å². The third kappa shape index (κ3) is 9.65. The zero-order chi connectivity index (χ0) is 34.1. The van der Waals surface area contributed by atoms with Crippen LogP contribution in [-0.2, 0) is 30.3 Å². The molecule has 2 heterocycles. The molecule has 0 aromatic heterocycles. The van der Waals surface area contributed by atoms with Crippen LogP contribution in [0.5, 0.6) is 5.75 Å². The summed E-state index contributed by atoms with van der Waals surface area (Å²) in [5.74, 6) is -2.25. The molecule has 11 heteroatoms. The maximum Gasteiger partial charge on any atom is 0.259 e. The molecule has 2 aliphatic heterocycles. The molecule has 47 heavy (non-hydrogen) atoms. The third-order valence-corrected chi connectivity index (χ3v) is 8.95. The molecule has 0 saturated carbocycles. The van der Waals surface area contributed by atoms with Crippen molar-refractivity contribution in [3.05, 3.63) is 71.3 Å². The zero-order valence-corrected chi connectivity index (χ0v) is 28.0. The number of aromatic hydroxyl groups is 1. The van der Waals surface area contributed by atoms with Crippen molar-refractivity contribution in [2.24, 2.45) is 11.8 Å². The number of allylic oxidation sites excluding steroid dienone is 1. The molecule has 4 amide bonds. The van der Waals surface area contributed by atoms with Gasteiger partial charge in [0.05, 0.1) is 18.1 Å². The van der Waals surface area contributed by atoms with Crippen molar-refractivity contribution in [1.29, 1.82) is 0 Å². The van der Waals surface area contributed by atoms with Gasteiger partial charge in [-0.15, -0.1) is 0 Å². The number of carbonyl (C=O) groups is 4. The van der Waals surface area contributed by atoms with Gasteiger partial charge in [-0.2, -0.15) is 0 Å². The van der Waals surface area contributed by atoms with E-state index in [1.165, 1.54) is 11.1 Å². The highest BCUT2D eigenvalue weighted by Gasteiger charge is 2.36. The summed E-state index contributed by atoms with van der Waals surface area (Å²) in [5, 5.41) is 20.3. The molecule has 11 nitrogen and oxygen atoms in total. The van der Waals surface area contributed by atoms with Crippen molar-refractivity contribution in [3.63, 3.8) is 0 Å². The Morgan fingerprint density at radius 2 is 1.70 bits per heavy atom. The number of methoxy groups -OCH3 is 1. The number of hydrogen-bond acceptors (Lipinski definition) is 7. The molecule has 4 rings (SSSR count). The van der Waals surface area contributed by atoms with Crippen LogP contribution in [0.25, 0.3) is 6.08 Å². The third-order valence-electron chi connectivity index (χ3n) is 8.95. The van der Waals surface area contributed by atoms with E-state index in [0.717, 1.165) is 11.1 Å². The molecular weight excluding hydrogens is 598 g/mol. The highest BCUT2D eigenvalue weighted by Crippen LogP contribution is 2.20. The predicted octanol–water partition coefficient (Wildman–Crippen LogP) is 3.39. The molecule has 0 spiro atoms. The molecule has 254 valence electrons. The van der Waals surface area contributed by atoms with Gasteiger partial charge in [-0.05, 0) is 73.4 Å². The van der Waals surface area contributed by atoms with Gasteiger partial charge in [0.2, 0.25) is 17.7 Å². The number of hydrazine groups is 1. The highest BCUT2D eigenvalue weighted by molar-refractivity contribution is 5.93. The second kappa shape index (κ2) is 16.6. The molecular formula is C36H49N5O6. The Morgan fingerprint density at radius 3 is 2.43 bits per heavy atom. The molecule has 4 bridgehead atoms. The monoisotopic (exact) mass is 647 g/mol. The average Bonchev–Trinajstić information content (AvgIpc) is 3.05. The van der Waals surface area contributed by atoms with Crippen molar-refractivity contribution < 1.29 is 29.0 Å². The Balaban J connectivity index is 1.66. The fraction of sp³-hybridized carbons (Fsp3) is 0.500. The number of benzene rings is 2. The van der Waals surface area contributed by atoms with Gasteiger partial charge >= 0.3 is 0 Å². The number of amides is 4. The van der Waals surface area contributed by atoms with Gasteiger partial charge in [0.25, 0.3) is 5.91 Å². The molecule has 1 saturated heterocycles. The fourth-order valence-electron chi connectivity index (χ4n) is 6.07. The number of carbonyl (C=O) groups excluding carboxylic acids is 4. The number of fused-ring (bicyclic) bond motifs is 4. The molecule has 0 aliphatic carbocycles. The van der Waals surface area contributed by atoms with Crippen LogP contribution < -0.4 is 21.4 Å². The molecule has 0 unspecified atom stereocenters. The average molecular weight is 648 g/mol. The van der Waals surface area contributed by atoms with Crippen molar-refractivity contribution >= 4 is 29.7 Å². The van der Waals surface area contributed by atoms with Crippen molar-refractivity contribution in [1.82, 2.24) is 26.4 Å². The van der Waals surface area contributed by atoms with E-state index in [2.05, 4.69) is 21.4 Å². The number of hydrogen-bond donors (Lipinski definition) is 5. The van der Waals surface area contributed by atoms with E-state index in [9.17, 15) is 24.3 Å². The largest absolute Gasteiger partial charge is 0.508 e. The summed E-state index contributed by atoms with van der Waals surface area (Å²) in [4.78, 5) is 54.7. The van der Waals surface area contributed by atoms with Gasteiger partial charge in [0.15, 0.2) is 0 Å². The van der Waals surface area contributed by atoms with Crippen LogP contribution in [0, 0.1) is 11.8 Å². The first-order chi connectivity index (χ1) is 22.5. The number of ether oxygens (including phenoxy) is 1. The van der Waals surface area contributed by atoms with Gasteiger partial charge in [0.1, 0.15) is 23.9 Å². The van der Waals surface area contributed by atoms with Crippen LogP contribution in [0.4, 0.5) is 0 Å². The van der Waals surface area contributed by atoms with Gasteiger partial charge < -0.3 is 25.8 Å². The summed E-state index contributed by atoms with van der Waals surface area (Å²) < 4.78 is 5.69. The SMILES string of the molecule is CO[C@@H]1CC/C=C\c2cccc(c2)[C@@H](C)NC(=O)[C@@H]2CCCN(N2)C(=O)[C@H](Cc2cccc(O)c2)NC(=O)[C@H](C(C)C)NC(=O)[C@@H]1C. The van der Waals surface area contributed by atoms with E-state index in [0.29, 0.717) is 37.8 Å². The first-order valence-electron chi connectivity index (χ1n) is 16.5. The maximum absolute atomic E-state index is 14.0. The molecule has 2 aliphatic rings. The fourth-order valence-corrected chi connectivity index (χ4v) is 6.07. The minimum absolute atomic E-state index is 0.0386. The lowest BCUT2D eigenvalue weighted by Gasteiger charge is -2.36. The van der Waals surface area contributed by atoms with E-state index < -0.39 is 35.9 Å². The standard InChI is InChI=1S/C36H49N5O6/c1-22(2)32-35(45)38-30(21-26-13-9-15-28(42)20-26)36(46)41-18-10-16-29(40-41)34(44)37-24(4)27-14-8-12-25(19-27)11-6-7-17-31(47-5)23(3)33(43)39-32/h6,8-9,11-15,19-20,22-24,29-32,40,42H,7,10,16-18,21H2,1-5H3,(H,37,44)(H,38,45)(H,39,43)/b11-6-/t23-,24-,29+,30+,31-,32+/m1/s1. The Morgan fingerprint density at radius 1 is 0.936 bits per heavy atom. The van der Waals surface area contributed by atoms with Crippen molar-refractivity contribution in [3.8, 4) is 5.75 Å². The number of phenolic OH excluding ortho intramolecular Hbond substituents is 1. The van der Waals surface area contributed by atoms with Gasteiger partial charge in [-0.1, -0.05) is 63.3 Å². The second-order valence-electron chi connectivity index (χ2n) is 12.9. The maximum atomic E-state index is 14.0. The van der Waals surface area contributed by atoms with Crippen molar-refractivity contribution in [2.75, 3.05) is 13.7 Å². The molecule has 5 N–H and O–H groups in total. The quantitative estimate of drug-likeness (QED) is 0.342. The van der Waals surface area contributed by atoms with E-state index in [-0.39, 0.29) is 42.0 Å². The Labute approximate surface area is 277 Å². The van der Waals surface area contributed by atoms with Crippen molar-refractivity contribution in [2.45, 2.75) is 90.1 Å². The normalized spacial score (nSPS) is 27.6. The van der Waals surface area contributed by atoms with E-state index in [1.54, 1.807) is 32.2 Å². The lowest BCUT2D eigenvalue weighted by Crippen LogP contribution is -2.63. The van der Waals surface area contributed by atoms with Crippen LogP contribution in [0.1, 0.15) is 76.1 Å². The highest BCUT2D eigenvalue weighted by atomic mass is 16.5. The zero-order valence-electron chi connectivity index (χ0n) is 28.0. The molecule has 1 fully saturated rings. The van der Waals surface area contributed by atoms with Crippen LogP contribution in [-0.4, -0.2) is 71.6 Å². The van der Waals surface area contributed by atoms with E-state index in [4.69, 9.17) is 4.74 Å². The van der Waals surface area contributed by atoms with Gasteiger partial charge in [-0.3, -0.25) is 24.2 Å². The Kier molecular flexibility index (Phi) is 12.6. The second-order valence-corrected chi connectivity index (χ2v) is 12.9. The summed E-state index contributed by atoms with van der Waals surface area (Å²) in [6.07, 6.45) is 6.15. The van der Waals surface area contributed by atoms with Crippen LogP contribution in [0.3, 0.4) is 0 Å². The smallest absolute Gasteiger partial charge is 0.259 e. The number of nitrogens with zero attached hydrogens (tertiary/aromatic N) is 1. The molecule has 0 radical (unpaired) electrons. The van der Waals surface area contributed by atoms with Crippen LogP contribution in [0.15, 0.2) is 54.6 Å². The molecule has 2 aromatic rings. The Bertz CT molecular complexity index is 1440. The van der Waals surface area contributed by atoms with E-state index >= 15 is 0 Å². The molecule has 6 atom stereocenters. The Hall–Kier alpha value is -4.22. The number of nitrogens with one attached hydrogen (secondary N) is 4. The summed E-state index contributed by atoms with van der Waals surface area (Å²) in [7, 11) is 1.57. The topological polar surface area (TPSA) is 149 Å².